The first-order chi connectivity index (χ1) is 10.4. The van der Waals surface area contributed by atoms with Crippen molar-refractivity contribution in [3.05, 3.63) is 60.4 Å². The second-order valence-electron chi connectivity index (χ2n) is 5.33. The maximum Gasteiger partial charge on any atom is 0.0770 e. The predicted octanol–water partition coefficient (Wildman–Crippen LogP) is 2.99. The molecule has 0 aliphatic carbocycles. The lowest BCUT2D eigenvalue weighted by Gasteiger charge is -2.24. The van der Waals surface area contributed by atoms with Crippen molar-refractivity contribution in [3.63, 3.8) is 0 Å². The molecule has 0 bridgehead atoms. The van der Waals surface area contributed by atoms with Crippen molar-refractivity contribution < 1.29 is 4.74 Å². The smallest absolute Gasteiger partial charge is 0.0770 e. The van der Waals surface area contributed by atoms with Crippen molar-refractivity contribution >= 4 is 6.20 Å². The Bertz CT molecular complexity index is 573. The monoisotopic (exact) mass is 283 g/mol. The summed E-state index contributed by atoms with van der Waals surface area (Å²) in [7, 11) is 0. The molecule has 0 amide bonds. The number of hydrogen-bond donors (Lipinski definition) is 1. The zero-order valence-electron chi connectivity index (χ0n) is 12.1. The molecule has 1 saturated heterocycles. The molecular weight excluding hydrogens is 262 g/mol. The Morgan fingerprint density at radius 2 is 2.29 bits per heavy atom. The average molecular weight is 283 g/mol. The van der Waals surface area contributed by atoms with Crippen LogP contribution in [0.15, 0.2) is 49.3 Å². The van der Waals surface area contributed by atoms with Crippen molar-refractivity contribution in [2.45, 2.75) is 31.5 Å². The molecule has 0 radical (unpaired) electrons. The fourth-order valence-electron chi connectivity index (χ4n) is 2.79. The number of benzene rings is 1. The fourth-order valence-corrected chi connectivity index (χ4v) is 2.79. The van der Waals surface area contributed by atoms with E-state index >= 15 is 0 Å². The largest absolute Gasteiger partial charge is 0.376 e. The zero-order valence-corrected chi connectivity index (χ0v) is 12.1. The van der Waals surface area contributed by atoms with E-state index in [1.54, 1.807) is 10.9 Å². The normalized spacial score (nSPS) is 19.5. The van der Waals surface area contributed by atoms with Gasteiger partial charge in [0.05, 0.1) is 18.3 Å². The van der Waals surface area contributed by atoms with Crippen molar-refractivity contribution in [2.75, 3.05) is 6.61 Å². The van der Waals surface area contributed by atoms with Gasteiger partial charge in [0.1, 0.15) is 0 Å². The Balaban J connectivity index is 1.71. The minimum absolute atomic E-state index is 0.223. The highest BCUT2D eigenvalue weighted by Crippen LogP contribution is 2.27. The van der Waals surface area contributed by atoms with Crippen LogP contribution in [0.25, 0.3) is 6.20 Å². The molecule has 110 valence electrons. The molecule has 0 unspecified atom stereocenters. The van der Waals surface area contributed by atoms with Crippen molar-refractivity contribution in [2.24, 2.45) is 0 Å². The number of nitrogens with zero attached hydrogens (tertiary/aromatic N) is 2. The third kappa shape index (κ3) is 3.40. The molecular formula is C17H21N3O. The molecule has 4 heteroatoms. The molecule has 0 saturated carbocycles. The van der Waals surface area contributed by atoms with Gasteiger partial charge in [-0.25, -0.2) is 4.68 Å². The summed E-state index contributed by atoms with van der Waals surface area (Å²) in [5.74, 6) is 0. The van der Waals surface area contributed by atoms with E-state index in [-0.39, 0.29) is 12.1 Å². The lowest BCUT2D eigenvalue weighted by atomic mass is 9.99. The Kier molecular flexibility index (Phi) is 4.48. The molecule has 1 N–H and O–H groups in total. The molecule has 1 aromatic carbocycles. The van der Waals surface area contributed by atoms with Crippen LogP contribution in [0.5, 0.6) is 0 Å². The first kappa shape index (κ1) is 14.0. The van der Waals surface area contributed by atoms with E-state index < -0.39 is 0 Å². The van der Waals surface area contributed by atoms with Crippen LogP contribution in [0.3, 0.4) is 0 Å². The van der Waals surface area contributed by atoms with E-state index in [4.69, 9.17) is 4.74 Å². The number of rotatable bonds is 6. The highest BCUT2D eigenvalue weighted by atomic mass is 16.5. The van der Waals surface area contributed by atoms with Crippen LogP contribution in [0.2, 0.25) is 0 Å². The summed E-state index contributed by atoms with van der Waals surface area (Å²) in [4.78, 5) is 0. The molecule has 0 spiro atoms. The van der Waals surface area contributed by atoms with Gasteiger partial charge in [-0.15, -0.1) is 0 Å². The lowest BCUT2D eigenvalue weighted by molar-refractivity contribution is 0.0776. The van der Waals surface area contributed by atoms with Crippen LogP contribution in [-0.4, -0.2) is 22.5 Å². The van der Waals surface area contributed by atoms with Gasteiger partial charge in [-0.3, -0.25) is 0 Å². The van der Waals surface area contributed by atoms with Crippen LogP contribution < -0.4 is 5.32 Å². The topological polar surface area (TPSA) is 39.1 Å². The van der Waals surface area contributed by atoms with Crippen LogP contribution in [0.4, 0.5) is 0 Å². The van der Waals surface area contributed by atoms with Gasteiger partial charge in [0, 0.05) is 31.1 Å². The van der Waals surface area contributed by atoms with Crippen molar-refractivity contribution in [1.82, 2.24) is 15.1 Å². The number of nitrogens with one attached hydrogen (secondary N) is 1. The highest BCUT2D eigenvalue weighted by Gasteiger charge is 2.26. The number of hydrogen-bond acceptors (Lipinski definition) is 3. The fraction of sp³-hybridized carbons (Fsp3) is 0.353. The molecule has 2 heterocycles. The van der Waals surface area contributed by atoms with Gasteiger partial charge in [0.2, 0.25) is 0 Å². The Morgan fingerprint density at radius 1 is 1.43 bits per heavy atom. The number of aromatic nitrogens is 2. The van der Waals surface area contributed by atoms with E-state index in [0.717, 1.165) is 31.6 Å². The summed E-state index contributed by atoms with van der Waals surface area (Å²) in [6, 6.07) is 10.7. The van der Waals surface area contributed by atoms with E-state index in [9.17, 15) is 0 Å². The van der Waals surface area contributed by atoms with E-state index in [1.807, 2.05) is 18.5 Å². The van der Waals surface area contributed by atoms with Gasteiger partial charge in [-0.05, 0) is 18.4 Å². The summed E-state index contributed by atoms with van der Waals surface area (Å²) in [6.45, 7) is 5.35. The Hall–Kier alpha value is -1.91. The molecule has 21 heavy (non-hydrogen) atoms. The molecule has 1 fully saturated rings. The Morgan fingerprint density at radius 3 is 2.95 bits per heavy atom. The van der Waals surface area contributed by atoms with Crippen LogP contribution in [0, 0.1) is 0 Å². The first-order valence-electron chi connectivity index (χ1n) is 7.42. The summed E-state index contributed by atoms with van der Waals surface area (Å²) in [5.41, 5.74) is 2.43. The summed E-state index contributed by atoms with van der Waals surface area (Å²) < 4.78 is 7.61. The SMILES string of the molecule is C=Cn1cc(CN[C@H](c2ccccc2)[C@@H]2CCCO2)cn1. The zero-order chi connectivity index (χ0) is 14.5. The van der Waals surface area contributed by atoms with E-state index in [2.05, 4.69) is 41.3 Å². The molecule has 4 nitrogen and oxygen atoms in total. The maximum atomic E-state index is 5.88. The molecule has 1 aliphatic rings. The van der Waals surface area contributed by atoms with Crippen LogP contribution in [-0.2, 0) is 11.3 Å². The van der Waals surface area contributed by atoms with E-state index in [1.165, 1.54) is 5.56 Å². The minimum Gasteiger partial charge on any atom is -0.376 e. The summed E-state index contributed by atoms with van der Waals surface area (Å²) in [6.07, 6.45) is 8.05. The van der Waals surface area contributed by atoms with Crippen molar-refractivity contribution in [1.29, 1.82) is 0 Å². The Labute approximate surface area is 125 Å². The summed E-state index contributed by atoms with van der Waals surface area (Å²) >= 11 is 0. The third-order valence-corrected chi connectivity index (χ3v) is 3.86. The van der Waals surface area contributed by atoms with Gasteiger partial charge in [0.25, 0.3) is 0 Å². The standard InChI is InChI=1S/C17H21N3O/c1-2-20-13-14(12-19-20)11-18-17(16-9-6-10-21-16)15-7-4-3-5-8-15/h2-5,7-8,12-13,16-18H,1,6,9-11H2/t16-,17+/m0/s1. The second kappa shape index (κ2) is 6.70. The molecule has 2 atom stereocenters. The van der Waals surface area contributed by atoms with Crippen molar-refractivity contribution in [3.8, 4) is 0 Å². The van der Waals surface area contributed by atoms with E-state index in [0.29, 0.717) is 0 Å². The predicted molar refractivity (Wildman–Crippen MR) is 83.6 cm³/mol. The van der Waals surface area contributed by atoms with Gasteiger partial charge < -0.3 is 10.1 Å². The lowest BCUT2D eigenvalue weighted by Crippen LogP contribution is -2.31. The maximum absolute atomic E-state index is 5.88. The van der Waals surface area contributed by atoms with Gasteiger partial charge in [-0.1, -0.05) is 36.9 Å². The third-order valence-electron chi connectivity index (χ3n) is 3.86. The van der Waals surface area contributed by atoms with Crippen LogP contribution >= 0.6 is 0 Å². The summed E-state index contributed by atoms with van der Waals surface area (Å²) in [5, 5.41) is 7.83. The molecule has 1 aliphatic heterocycles. The van der Waals surface area contributed by atoms with Gasteiger partial charge in [-0.2, -0.15) is 5.10 Å². The number of ether oxygens (including phenoxy) is 1. The minimum atomic E-state index is 0.223. The molecule has 2 aromatic rings. The quantitative estimate of drug-likeness (QED) is 0.886. The van der Waals surface area contributed by atoms with Gasteiger partial charge >= 0.3 is 0 Å². The molecule has 3 rings (SSSR count). The van der Waals surface area contributed by atoms with Gasteiger partial charge in [0.15, 0.2) is 0 Å². The first-order valence-corrected chi connectivity index (χ1v) is 7.42. The molecule has 1 aromatic heterocycles. The highest BCUT2D eigenvalue weighted by molar-refractivity contribution is 5.22. The second-order valence-corrected chi connectivity index (χ2v) is 5.33. The van der Waals surface area contributed by atoms with Crippen LogP contribution in [0.1, 0.15) is 30.0 Å². The average Bonchev–Trinajstić information content (AvgIpc) is 3.20.